The molecule has 1 saturated carbocycles. The molecule has 3 aliphatic rings. The fraction of sp³-hybridized carbons (Fsp3) is 0.593. The first kappa shape index (κ1) is 23.1. The third kappa shape index (κ3) is 4.63. The SMILES string of the molecule is Cc1[nH]cnc1CN1CCC2(CC1)C(=O)NC(CC1CCCCC1)C(=O)N2Cc1ccccc1. The van der Waals surface area contributed by atoms with Crippen LogP contribution in [0.4, 0.5) is 0 Å². The van der Waals surface area contributed by atoms with Crippen LogP contribution in [0, 0.1) is 12.8 Å². The Kier molecular flexibility index (Phi) is 6.73. The molecule has 182 valence electrons. The quantitative estimate of drug-likeness (QED) is 0.687. The molecule has 1 aliphatic carbocycles. The van der Waals surface area contributed by atoms with Crippen LogP contribution in [0.1, 0.15) is 68.3 Å². The van der Waals surface area contributed by atoms with Gasteiger partial charge in [0.15, 0.2) is 0 Å². The lowest BCUT2D eigenvalue weighted by molar-refractivity contribution is -0.163. The van der Waals surface area contributed by atoms with Crippen LogP contribution in [0.2, 0.25) is 0 Å². The number of hydrogen-bond donors (Lipinski definition) is 2. The van der Waals surface area contributed by atoms with Gasteiger partial charge in [-0.15, -0.1) is 0 Å². The first-order valence-electron chi connectivity index (χ1n) is 12.9. The first-order chi connectivity index (χ1) is 16.5. The van der Waals surface area contributed by atoms with Gasteiger partial charge in [0.2, 0.25) is 11.8 Å². The zero-order valence-corrected chi connectivity index (χ0v) is 20.3. The standard InChI is InChI=1S/C27H37N5O2/c1-20-24(29-19-28-20)18-31-14-12-27(13-15-31)26(34)30-23(16-21-8-4-2-5-9-21)25(33)32(27)17-22-10-6-3-7-11-22/h3,6-7,10-11,19,21,23H,2,4-5,8-9,12-18H2,1H3,(H,28,29)(H,30,34). The second-order valence-electron chi connectivity index (χ2n) is 10.5. The second kappa shape index (κ2) is 9.90. The average molecular weight is 464 g/mol. The number of rotatable bonds is 6. The highest BCUT2D eigenvalue weighted by Gasteiger charge is 2.53. The van der Waals surface area contributed by atoms with E-state index in [1.807, 2.05) is 30.0 Å². The van der Waals surface area contributed by atoms with E-state index >= 15 is 0 Å². The van der Waals surface area contributed by atoms with Crippen LogP contribution in [0.15, 0.2) is 36.7 Å². The number of benzene rings is 1. The number of aromatic nitrogens is 2. The lowest BCUT2D eigenvalue weighted by Gasteiger charge is -2.52. The predicted octanol–water partition coefficient (Wildman–Crippen LogP) is 3.55. The number of H-pyrrole nitrogens is 1. The maximum absolute atomic E-state index is 13.9. The van der Waals surface area contributed by atoms with Gasteiger partial charge in [0, 0.05) is 31.9 Å². The van der Waals surface area contributed by atoms with Crippen LogP contribution >= 0.6 is 0 Å². The molecule has 1 aromatic carbocycles. The summed E-state index contributed by atoms with van der Waals surface area (Å²) in [6, 6.07) is 9.72. The van der Waals surface area contributed by atoms with E-state index in [9.17, 15) is 9.59 Å². The Bertz CT molecular complexity index is 989. The van der Waals surface area contributed by atoms with E-state index in [1.165, 1.54) is 32.1 Å². The number of carbonyl (C=O) groups is 2. The van der Waals surface area contributed by atoms with Gasteiger partial charge in [-0.2, -0.15) is 0 Å². The van der Waals surface area contributed by atoms with Gasteiger partial charge in [-0.1, -0.05) is 62.4 Å². The van der Waals surface area contributed by atoms with Gasteiger partial charge >= 0.3 is 0 Å². The normalized spacial score (nSPS) is 23.9. The summed E-state index contributed by atoms with van der Waals surface area (Å²) < 4.78 is 0. The van der Waals surface area contributed by atoms with Crippen molar-refractivity contribution < 1.29 is 9.59 Å². The summed E-state index contributed by atoms with van der Waals surface area (Å²) in [5, 5.41) is 3.19. The zero-order chi connectivity index (χ0) is 23.5. The number of imidazole rings is 1. The maximum atomic E-state index is 13.9. The summed E-state index contributed by atoms with van der Waals surface area (Å²) in [5.41, 5.74) is 2.44. The molecule has 3 fully saturated rings. The highest BCUT2D eigenvalue weighted by molar-refractivity contribution is 6.00. The number of likely N-dealkylation sites (tertiary alicyclic amines) is 1. The van der Waals surface area contributed by atoms with Crippen molar-refractivity contribution in [3.63, 3.8) is 0 Å². The molecule has 7 nitrogen and oxygen atoms in total. The van der Waals surface area contributed by atoms with Crippen molar-refractivity contribution in [2.45, 2.75) is 83.0 Å². The van der Waals surface area contributed by atoms with Gasteiger partial charge in [0.1, 0.15) is 11.6 Å². The van der Waals surface area contributed by atoms with Gasteiger partial charge < -0.3 is 15.2 Å². The van der Waals surface area contributed by atoms with Crippen molar-refractivity contribution in [3.8, 4) is 0 Å². The Morgan fingerprint density at radius 2 is 1.76 bits per heavy atom. The van der Waals surface area contributed by atoms with E-state index in [4.69, 9.17) is 0 Å². The molecule has 0 bridgehead atoms. The van der Waals surface area contributed by atoms with E-state index < -0.39 is 11.6 Å². The van der Waals surface area contributed by atoms with Crippen molar-refractivity contribution in [1.82, 2.24) is 25.1 Å². The van der Waals surface area contributed by atoms with Crippen molar-refractivity contribution >= 4 is 11.8 Å². The molecule has 1 unspecified atom stereocenters. The topological polar surface area (TPSA) is 81.3 Å². The zero-order valence-electron chi connectivity index (χ0n) is 20.3. The number of carbonyl (C=O) groups excluding carboxylic acids is 2. The van der Waals surface area contributed by atoms with E-state index in [0.717, 1.165) is 43.0 Å². The highest BCUT2D eigenvalue weighted by atomic mass is 16.2. The van der Waals surface area contributed by atoms with Crippen LogP contribution in [-0.2, 0) is 22.7 Å². The Labute approximate surface area is 202 Å². The smallest absolute Gasteiger partial charge is 0.246 e. The molecule has 2 N–H and O–H groups in total. The largest absolute Gasteiger partial charge is 0.348 e. The van der Waals surface area contributed by atoms with Crippen molar-refractivity contribution in [2.75, 3.05) is 13.1 Å². The van der Waals surface area contributed by atoms with Gasteiger partial charge in [-0.3, -0.25) is 14.5 Å². The summed E-state index contributed by atoms with van der Waals surface area (Å²) in [6.45, 7) is 4.84. The predicted molar refractivity (Wildman–Crippen MR) is 131 cm³/mol. The summed E-state index contributed by atoms with van der Waals surface area (Å²) in [4.78, 5) is 39.5. The minimum atomic E-state index is -0.771. The number of nitrogens with one attached hydrogen (secondary N) is 2. The number of hydrogen-bond acceptors (Lipinski definition) is 4. The monoisotopic (exact) mass is 463 g/mol. The van der Waals surface area contributed by atoms with Crippen LogP contribution in [0.3, 0.4) is 0 Å². The summed E-state index contributed by atoms with van der Waals surface area (Å²) in [5.74, 6) is 0.680. The number of piperidine rings is 1. The van der Waals surface area contributed by atoms with Crippen LogP contribution in [-0.4, -0.2) is 56.3 Å². The van der Waals surface area contributed by atoms with Crippen molar-refractivity contribution in [3.05, 3.63) is 53.6 Å². The third-order valence-electron chi connectivity index (χ3n) is 8.28. The molecule has 34 heavy (non-hydrogen) atoms. The fourth-order valence-electron chi connectivity index (χ4n) is 6.12. The van der Waals surface area contributed by atoms with Gasteiger partial charge in [0.25, 0.3) is 0 Å². The van der Waals surface area contributed by atoms with Gasteiger partial charge in [0.05, 0.1) is 12.0 Å². The van der Waals surface area contributed by atoms with Gasteiger partial charge in [-0.05, 0) is 37.7 Å². The molecule has 2 aliphatic heterocycles. The van der Waals surface area contributed by atoms with E-state index in [2.05, 4.69) is 32.3 Å². The molecule has 1 spiro atoms. The minimum absolute atomic E-state index is 0.0411. The van der Waals surface area contributed by atoms with Crippen LogP contribution in [0.5, 0.6) is 0 Å². The molecule has 7 heteroatoms. The minimum Gasteiger partial charge on any atom is -0.348 e. The summed E-state index contributed by atoms with van der Waals surface area (Å²) >= 11 is 0. The number of piperazine rings is 1. The first-order valence-corrected chi connectivity index (χ1v) is 12.9. The molecule has 2 saturated heterocycles. The lowest BCUT2D eigenvalue weighted by atomic mass is 9.79. The number of amides is 2. The Morgan fingerprint density at radius 3 is 2.44 bits per heavy atom. The summed E-state index contributed by atoms with van der Waals surface area (Å²) in [6.07, 6.45) is 9.92. The molecule has 1 aromatic heterocycles. The molecular weight excluding hydrogens is 426 g/mol. The fourth-order valence-corrected chi connectivity index (χ4v) is 6.12. The molecule has 2 amide bonds. The Morgan fingerprint density at radius 1 is 1.03 bits per heavy atom. The molecule has 1 atom stereocenters. The van der Waals surface area contributed by atoms with Gasteiger partial charge in [-0.25, -0.2) is 4.98 Å². The highest BCUT2D eigenvalue weighted by Crippen LogP contribution is 2.37. The third-order valence-corrected chi connectivity index (χ3v) is 8.28. The Hall–Kier alpha value is -2.67. The van der Waals surface area contributed by atoms with Crippen molar-refractivity contribution in [1.29, 1.82) is 0 Å². The van der Waals surface area contributed by atoms with E-state index in [-0.39, 0.29) is 11.8 Å². The second-order valence-corrected chi connectivity index (χ2v) is 10.5. The average Bonchev–Trinajstić information content (AvgIpc) is 3.27. The molecule has 2 aromatic rings. The van der Waals surface area contributed by atoms with Crippen LogP contribution in [0.25, 0.3) is 0 Å². The van der Waals surface area contributed by atoms with E-state index in [1.54, 1.807) is 6.33 Å². The van der Waals surface area contributed by atoms with Crippen molar-refractivity contribution in [2.24, 2.45) is 5.92 Å². The number of nitrogens with zero attached hydrogens (tertiary/aromatic N) is 3. The molecule has 5 rings (SSSR count). The number of aromatic amines is 1. The maximum Gasteiger partial charge on any atom is 0.246 e. The van der Waals surface area contributed by atoms with Crippen LogP contribution < -0.4 is 5.32 Å². The molecular formula is C27H37N5O2. The molecule has 3 heterocycles. The van der Waals surface area contributed by atoms with E-state index in [0.29, 0.717) is 25.3 Å². The molecule has 0 radical (unpaired) electrons. The lowest BCUT2D eigenvalue weighted by Crippen LogP contribution is -2.72. The summed E-state index contributed by atoms with van der Waals surface area (Å²) in [7, 11) is 0. The Balaban J connectivity index is 1.35. The number of aryl methyl sites for hydroxylation is 1.